The van der Waals surface area contributed by atoms with Crippen LogP contribution < -0.4 is 5.32 Å². The Morgan fingerprint density at radius 3 is 2.53 bits per heavy atom. The maximum Gasteiger partial charge on any atom is 0.0455 e. The molecule has 0 aliphatic carbocycles. The number of hydrogen-bond donors (Lipinski definition) is 1. The Hall–Kier alpha value is -1.47. The van der Waals surface area contributed by atoms with Crippen LogP contribution >= 0.6 is 11.6 Å². The minimum atomic E-state index is 0.564. The highest BCUT2D eigenvalue weighted by atomic mass is 35.5. The largest absolute Gasteiger partial charge is 0.385 e. The molecule has 0 aliphatic heterocycles. The fourth-order valence-electron chi connectivity index (χ4n) is 2.08. The number of halogens is 1. The van der Waals surface area contributed by atoms with Crippen LogP contribution in [-0.2, 0) is 0 Å². The minimum Gasteiger partial charge on any atom is -0.385 e. The van der Waals surface area contributed by atoms with Gasteiger partial charge in [-0.25, -0.2) is 0 Å². The van der Waals surface area contributed by atoms with E-state index in [2.05, 4.69) is 48.6 Å². The first-order valence-electron chi connectivity index (χ1n) is 6.72. The van der Waals surface area contributed by atoms with Crippen molar-refractivity contribution in [2.24, 2.45) is 0 Å². The van der Waals surface area contributed by atoms with Crippen molar-refractivity contribution in [2.45, 2.75) is 26.2 Å². The summed E-state index contributed by atoms with van der Waals surface area (Å²) < 4.78 is 0. The fourth-order valence-corrected chi connectivity index (χ4v) is 2.26. The average molecular weight is 274 g/mol. The third-order valence-electron chi connectivity index (χ3n) is 3.45. The summed E-state index contributed by atoms with van der Waals surface area (Å²) in [6.45, 7) is 5.23. The van der Waals surface area contributed by atoms with Gasteiger partial charge in [0, 0.05) is 17.3 Å². The molecule has 0 heterocycles. The minimum absolute atomic E-state index is 0.564. The molecule has 0 aromatic heterocycles. The highest BCUT2D eigenvalue weighted by molar-refractivity contribution is 6.31. The van der Waals surface area contributed by atoms with Crippen molar-refractivity contribution >= 4 is 17.3 Å². The normalized spacial score (nSPS) is 12.2. The zero-order valence-corrected chi connectivity index (χ0v) is 12.2. The van der Waals surface area contributed by atoms with Gasteiger partial charge in [-0.05, 0) is 42.5 Å². The Morgan fingerprint density at radius 1 is 1.11 bits per heavy atom. The molecule has 1 nitrogen and oxygen atoms in total. The van der Waals surface area contributed by atoms with E-state index in [-0.39, 0.29) is 0 Å². The van der Waals surface area contributed by atoms with E-state index in [0.29, 0.717) is 5.92 Å². The lowest BCUT2D eigenvalue weighted by Crippen LogP contribution is -2.06. The van der Waals surface area contributed by atoms with E-state index < -0.39 is 0 Å². The molecule has 0 saturated carbocycles. The lowest BCUT2D eigenvalue weighted by Gasteiger charge is -2.13. The molecule has 100 valence electrons. The number of benzene rings is 2. The molecule has 0 saturated heterocycles. The van der Waals surface area contributed by atoms with Gasteiger partial charge in [0.25, 0.3) is 0 Å². The second-order valence-corrected chi connectivity index (χ2v) is 5.40. The highest BCUT2D eigenvalue weighted by Gasteiger charge is 2.04. The summed E-state index contributed by atoms with van der Waals surface area (Å²) in [6.07, 6.45) is 1.11. The number of hydrogen-bond acceptors (Lipinski definition) is 1. The molecular formula is C17H20ClN. The Labute approximate surface area is 120 Å². The van der Waals surface area contributed by atoms with Crippen molar-refractivity contribution in [1.29, 1.82) is 0 Å². The maximum absolute atomic E-state index is 6.11. The molecule has 1 unspecified atom stereocenters. The van der Waals surface area contributed by atoms with Crippen molar-refractivity contribution in [2.75, 3.05) is 11.9 Å². The van der Waals surface area contributed by atoms with E-state index in [4.69, 9.17) is 11.6 Å². The molecule has 2 heteroatoms. The van der Waals surface area contributed by atoms with Crippen LogP contribution in [0.25, 0.3) is 0 Å². The summed E-state index contributed by atoms with van der Waals surface area (Å²) in [4.78, 5) is 0. The van der Waals surface area contributed by atoms with Gasteiger partial charge in [-0.3, -0.25) is 0 Å². The first-order valence-corrected chi connectivity index (χ1v) is 7.09. The van der Waals surface area contributed by atoms with Crippen LogP contribution in [0.2, 0.25) is 5.02 Å². The van der Waals surface area contributed by atoms with E-state index in [0.717, 1.165) is 29.2 Å². The Bertz CT molecular complexity index is 522. The summed E-state index contributed by atoms with van der Waals surface area (Å²) in [5.74, 6) is 0.564. The lowest BCUT2D eigenvalue weighted by molar-refractivity contribution is 0.706. The van der Waals surface area contributed by atoms with E-state index in [1.54, 1.807) is 0 Å². The van der Waals surface area contributed by atoms with Gasteiger partial charge in [0.05, 0.1) is 0 Å². The zero-order valence-electron chi connectivity index (χ0n) is 11.5. The van der Waals surface area contributed by atoms with Gasteiger partial charge in [0.15, 0.2) is 0 Å². The van der Waals surface area contributed by atoms with E-state index >= 15 is 0 Å². The first-order chi connectivity index (χ1) is 9.16. The molecule has 0 amide bonds. The van der Waals surface area contributed by atoms with Crippen LogP contribution in [0.3, 0.4) is 0 Å². The number of nitrogens with one attached hydrogen (secondary N) is 1. The van der Waals surface area contributed by atoms with Crippen LogP contribution in [0, 0.1) is 6.92 Å². The summed E-state index contributed by atoms with van der Waals surface area (Å²) in [5.41, 5.74) is 3.60. The quantitative estimate of drug-likeness (QED) is 0.784. The van der Waals surface area contributed by atoms with Crippen LogP contribution in [0.4, 0.5) is 5.69 Å². The van der Waals surface area contributed by atoms with Crippen molar-refractivity contribution in [3.05, 3.63) is 64.7 Å². The van der Waals surface area contributed by atoms with Crippen molar-refractivity contribution in [3.8, 4) is 0 Å². The predicted molar refractivity (Wildman–Crippen MR) is 84.2 cm³/mol. The summed E-state index contributed by atoms with van der Waals surface area (Å²) in [7, 11) is 0. The third kappa shape index (κ3) is 4.00. The van der Waals surface area contributed by atoms with Gasteiger partial charge in [0.2, 0.25) is 0 Å². The molecule has 0 aliphatic rings. The zero-order chi connectivity index (χ0) is 13.7. The molecule has 1 N–H and O–H groups in total. The lowest BCUT2D eigenvalue weighted by atomic mass is 9.98. The second-order valence-electron chi connectivity index (χ2n) is 4.99. The smallest absolute Gasteiger partial charge is 0.0455 e. The number of aryl methyl sites for hydroxylation is 1. The third-order valence-corrected chi connectivity index (χ3v) is 3.85. The molecule has 0 radical (unpaired) electrons. The Kier molecular flexibility index (Phi) is 4.86. The average Bonchev–Trinajstić information content (AvgIpc) is 2.43. The summed E-state index contributed by atoms with van der Waals surface area (Å²) in [6, 6.07) is 16.7. The Morgan fingerprint density at radius 2 is 1.84 bits per heavy atom. The van der Waals surface area contributed by atoms with E-state index in [9.17, 15) is 0 Å². The van der Waals surface area contributed by atoms with Gasteiger partial charge in [-0.2, -0.15) is 0 Å². The van der Waals surface area contributed by atoms with Crippen LogP contribution in [0.5, 0.6) is 0 Å². The molecule has 2 aromatic carbocycles. The highest BCUT2D eigenvalue weighted by Crippen LogP contribution is 2.21. The molecule has 0 spiro atoms. The van der Waals surface area contributed by atoms with Crippen molar-refractivity contribution < 1.29 is 0 Å². The molecule has 1 atom stereocenters. The molecule has 2 aromatic rings. The summed E-state index contributed by atoms with van der Waals surface area (Å²) in [5, 5.41) is 4.25. The molecule has 19 heavy (non-hydrogen) atoms. The maximum atomic E-state index is 6.11. The van der Waals surface area contributed by atoms with Crippen molar-refractivity contribution in [3.63, 3.8) is 0 Å². The second kappa shape index (κ2) is 6.63. The predicted octanol–water partition coefficient (Wildman–Crippen LogP) is 5.25. The van der Waals surface area contributed by atoms with Crippen LogP contribution in [0.15, 0.2) is 48.5 Å². The van der Waals surface area contributed by atoms with Crippen LogP contribution in [-0.4, -0.2) is 6.54 Å². The monoisotopic (exact) mass is 273 g/mol. The molecule has 0 fully saturated rings. The van der Waals surface area contributed by atoms with E-state index in [1.165, 1.54) is 5.56 Å². The van der Waals surface area contributed by atoms with Gasteiger partial charge in [-0.1, -0.05) is 54.9 Å². The van der Waals surface area contributed by atoms with Crippen LogP contribution in [0.1, 0.15) is 30.4 Å². The van der Waals surface area contributed by atoms with Gasteiger partial charge >= 0.3 is 0 Å². The Balaban J connectivity index is 1.85. The molecule has 0 bridgehead atoms. The SMILES string of the molecule is Cc1ccc(NCCC(C)c2ccccc2)cc1Cl. The van der Waals surface area contributed by atoms with Gasteiger partial charge in [0.1, 0.15) is 0 Å². The van der Waals surface area contributed by atoms with Crippen molar-refractivity contribution in [1.82, 2.24) is 0 Å². The first kappa shape index (κ1) is 14.0. The summed E-state index contributed by atoms with van der Waals surface area (Å²) >= 11 is 6.11. The molecule has 2 rings (SSSR count). The standard InChI is InChI=1S/C17H20ClN/c1-13(15-6-4-3-5-7-15)10-11-19-16-9-8-14(2)17(18)12-16/h3-9,12-13,19H,10-11H2,1-2H3. The number of anilines is 1. The van der Waals surface area contributed by atoms with Gasteiger partial charge in [-0.15, -0.1) is 0 Å². The molecular weight excluding hydrogens is 254 g/mol. The topological polar surface area (TPSA) is 12.0 Å². The fraction of sp³-hybridized carbons (Fsp3) is 0.294. The van der Waals surface area contributed by atoms with E-state index in [1.807, 2.05) is 19.1 Å². The number of rotatable bonds is 5. The van der Waals surface area contributed by atoms with Gasteiger partial charge < -0.3 is 5.32 Å².